The number of aromatic nitrogens is 7. The number of nitrogen functional groups attached to an aromatic ring is 1. The van der Waals surface area contributed by atoms with Gasteiger partial charge in [-0.3, -0.25) is 14.8 Å². The second-order valence-electron chi connectivity index (χ2n) is 10.2. The monoisotopic (exact) mass is 488 g/mol. The lowest BCUT2D eigenvalue weighted by Crippen LogP contribution is -2.36. The Labute approximate surface area is 209 Å². The molecule has 5 heterocycles. The van der Waals surface area contributed by atoms with Crippen molar-refractivity contribution in [1.82, 2.24) is 34.7 Å². The molecule has 0 aliphatic carbocycles. The van der Waals surface area contributed by atoms with Gasteiger partial charge < -0.3 is 16.0 Å². The predicted octanol–water partition coefficient (Wildman–Crippen LogP) is 2.56. The van der Waals surface area contributed by atoms with Crippen LogP contribution >= 0.6 is 0 Å². The highest BCUT2D eigenvalue weighted by Gasteiger charge is 2.26. The third-order valence-corrected chi connectivity index (χ3v) is 6.27. The number of nitrogens with two attached hydrogens (primary N) is 1. The van der Waals surface area contributed by atoms with Gasteiger partial charge in [-0.1, -0.05) is 6.07 Å². The Morgan fingerprint density at radius 3 is 2.78 bits per heavy atom. The van der Waals surface area contributed by atoms with Gasteiger partial charge in [-0.25, -0.2) is 9.67 Å². The first kappa shape index (κ1) is 23.7. The summed E-state index contributed by atoms with van der Waals surface area (Å²) in [5.41, 5.74) is 9.57. The molecule has 11 heteroatoms. The number of pyridine rings is 1. The van der Waals surface area contributed by atoms with E-state index in [9.17, 15) is 4.79 Å². The van der Waals surface area contributed by atoms with Crippen molar-refractivity contribution < 1.29 is 0 Å². The molecule has 0 fully saturated rings. The van der Waals surface area contributed by atoms with Gasteiger partial charge in [0.15, 0.2) is 5.65 Å². The van der Waals surface area contributed by atoms with E-state index in [0.717, 1.165) is 47.6 Å². The molecule has 0 unspecified atom stereocenters. The fourth-order valence-corrected chi connectivity index (χ4v) is 4.51. The maximum Gasteiger partial charge on any atom is 0.255 e. The summed E-state index contributed by atoms with van der Waals surface area (Å²) in [6.07, 6.45) is 4.15. The van der Waals surface area contributed by atoms with Crippen LogP contribution in [0.2, 0.25) is 0 Å². The van der Waals surface area contributed by atoms with Crippen LogP contribution in [0.4, 0.5) is 17.7 Å². The first-order valence-corrected chi connectivity index (χ1v) is 12.2. The Balaban J connectivity index is 1.44. The Morgan fingerprint density at radius 2 is 2.00 bits per heavy atom. The molecule has 0 radical (unpaired) electrons. The predicted molar refractivity (Wildman–Crippen MR) is 140 cm³/mol. The van der Waals surface area contributed by atoms with E-state index >= 15 is 0 Å². The van der Waals surface area contributed by atoms with E-state index in [0.29, 0.717) is 36.7 Å². The highest BCUT2D eigenvalue weighted by Crippen LogP contribution is 2.29. The van der Waals surface area contributed by atoms with E-state index in [1.807, 2.05) is 34.8 Å². The summed E-state index contributed by atoms with van der Waals surface area (Å²) in [6.45, 7) is 10.1. The summed E-state index contributed by atoms with van der Waals surface area (Å²) < 4.78 is 1.92. The number of aromatic amines is 1. The molecule has 4 N–H and O–H groups in total. The Morgan fingerprint density at radius 1 is 1.17 bits per heavy atom. The quantitative estimate of drug-likeness (QED) is 0.349. The van der Waals surface area contributed by atoms with Crippen molar-refractivity contribution in [3.63, 3.8) is 0 Å². The van der Waals surface area contributed by atoms with Crippen LogP contribution < -0.4 is 21.5 Å². The van der Waals surface area contributed by atoms with Gasteiger partial charge in [0.05, 0.1) is 29.4 Å². The average molecular weight is 489 g/mol. The molecule has 36 heavy (non-hydrogen) atoms. The summed E-state index contributed by atoms with van der Waals surface area (Å²) in [6, 6.07) is 6.10. The first-order chi connectivity index (χ1) is 17.2. The van der Waals surface area contributed by atoms with E-state index in [-0.39, 0.29) is 17.0 Å². The third kappa shape index (κ3) is 4.73. The minimum absolute atomic E-state index is 0.119. The van der Waals surface area contributed by atoms with Crippen LogP contribution in [0.3, 0.4) is 0 Å². The van der Waals surface area contributed by atoms with Crippen LogP contribution in [-0.4, -0.2) is 47.8 Å². The lowest BCUT2D eigenvalue weighted by molar-refractivity contribution is 0.366. The Bertz CT molecular complexity index is 1470. The van der Waals surface area contributed by atoms with Crippen LogP contribution in [0.5, 0.6) is 0 Å². The molecule has 5 rings (SSSR count). The number of nitrogens with one attached hydrogen (secondary N) is 2. The topological polar surface area (TPSA) is 144 Å². The molecule has 0 saturated heterocycles. The Hall–Kier alpha value is -4.02. The van der Waals surface area contributed by atoms with E-state index in [1.54, 1.807) is 0 Å². The summed E-state index contributed by atoms with van der Waals surface area (Å²) in [5.74, 6) is 1.43. The highest BCUT2D eigenvalue weighted by atomic mass is 16.1. The van der Waals surface area contributed by atoms with E-state index in [1.165, 1.54) is 0 Å². The van der Waals surface area contributed by atoms with Gasteiger partial charge in [0.25, 0.3) is 5.56 Å². The highest BCUT2D eigenvalue weighted by molar-refractivity contribution is 5.87. The van der Waals surface area contributed by atoms with Crippen molar-refractivity contribution in [3.8, 4) is 0 Å². The molecule has 4 aromatic rings. The summed E-state index contributed by atoms with van der Waals surface area (Å²) in [4.78, 5) is 35.7. The zero-order valence-corrected chi connectivity index (χ0v) is 21.2. The molecule has 0 spiro atoms. The fraction of sp³-hybridized carbons (Fsp3) is 0.440. The van der Waals surface area contributed by atoms with Crippen LogP contribution in [-0.2, 0) is 24.9 Å². The van der Waals surface area contributed by atoms with Crippen molar-refractivity contribution in [1.29, 1.82) is 0 Å². The largest absolute Gasteiger partial charge is 0.369 e. The van der Waals surface area contributed by atoms with Gasteiger partial charge in [0.1, 0.15) is 5.82 Å². The van der Waals surface area contributed by atoms with Gasteiger partial charge in [0, 0.05) is 30.0 Å². The van der Waals surface area contributed by atoms with Gasteiger partial charge >= 0.3 is 0 Å². The number of aryl methyl sites for hydroxylation is 2. The van der Waals surface area contributed by atoms with Crippen LogP contribution in [0.25, 0.3) is 11.0 Å². The third-order valence-electron chi connectivity index (χ3n) is 6.27. The fourth-order valence-electron chi connectivity index (χ4n) is 4.51. The van der Waals surface area contributed by atoms with Crippen molar-refractivity contribution in [2.75, 3.05) is 29.0 Å². The first-order valence-electron chi connectivity index (χ1n) is 12.2. The number of rotatable bonds is 6. The molecule has 0 saturated carbocycles. The molecule has 4 aromatic heterocycles. The van der Waals surface area contributed by atoms with Gasteiger partial charge in [-0.15, -0.1) is 0 Å². The zero-order valence-electron chi connectivity index (χ0n) is 21.2. The lowest BCUT2D eigenvalue weighted by atomic mass is 10.1. The lowest BCUT2D eigenvalue weighted by Gasteiger charge is -2.28. The van der Waals surface area contributed by atoms with E-state index < -0.39 is 0 Å². The van der Waals surface area contributed by atoms with Crippen molar-refractivity contribution in [2.45, 2.75) is 59.0 Å². The Kier molecular flexibility index (Phi) is 6.07. The molecule has 0 amide bonds. The van der Waals surface area contributed by atoms with Gasteiger partial charge in [-0.2, -0.15) is 15.1 Å². The summed E-state index contributed by atoms with van der Waals surface area (Å²) >= 11 is 0. The zero-order chi connectivity index (χ0) is 25.4. The normalized spacial score (nSPS) is 13.7. The van der Waals surface area contributed by atoms with E-state index in [4.69, 9.17) is 15.7 Å². The molecule has 11 nitrogen and oxygen atoms in total. The van der Waals surface area contributed by atoms with Crippen LogP contribution in [0.1, 0.15) is 49.8 Å². The molecular weight excluding hydrogens is 456 g/mol. The van der Waals surface area contributed by atoms with Gasteiger partial charge in [-0.05, 0) is 59.1 Å². The van der Waals surface area contributed by atoms with Crippen molar-refractivity contribution >= 4 is 28.7 Å². The molecule has 0 bridgehead atoms. The minimum Gasteiger partial charge on any atom is -0.369 e. The standard InChI is InChI=1S/C25H32N10O/c1-15-7-5-8-16(29-15)9-6-11-27-20-18-13-28-35(25(2,3)4)21(18)32-24(31-20)34-12-10-17-19(14-34)30-23(26)33-22(17)36/h5,7-8,13H,6,9-12,14H2,1-4H3,(H,27,31,32)(H3,26,30,33,36). The summed E-state index contributed by atoms with van der Waals surface area (Å²) in [5, 5.41) is 9.01. The molecule has 1 aliphatic heterocycles. The second-order valence-corrected chi connectivity index (χ2v) is 10.2. The number of hydrogen-bond acceptors (Lipinski definition) is 9. The number of anilines is 3. The smallest absolute Gasteiger partial charge is 0.255 e. The van der Waals surface area contributed by atoms with Crippen molar-refractivity contribution in [3.05, 3.63) is 57.4 Å². The van der Waals surface area contributed by atoms with Crippen molar-refractivity contribution in [2.24, 2.45) is 0 Å². The second kappa shape index (κ2) is 9.21. The maximum atomic E-state index is 12.3. The number of hydrogen-bond donors (Lipinski definition) is 3. The van der Waals surface area contributed by atoms with E-state index in [2.05, 4.69) is 52.2 Å². The molecule has 188 valence electrons. The SMILES string of the molecule is Cc1cccc(CCCNc2nc(N3CCc4c(nc(N)[nH]c4=O)C3)nc3c2cnn3C(C)(C)C)n1. The maximum absolute atomic E-state index is 12.3. The van der Waals surface area contributed by atoms with Gasteiger partial charge in [0.2, 0.25) is 11.9 Å². The molecule has 0 aromatic carbocycles. The molecule has 0 atom stereocenters. The molecular formula is C25H32N10O. The number of nitrogens with zero attached hydrogens (tertiary/aromatic N) is 7. The van der Waals surface area contributed by atoms with Crippen LogP contribution in [0.15, 0.2) is 29.2 Å². The average Bonchev–Trinajstić information content (AvgIpc) is 3.26. The molecule has 1 aliphatic rings. The minimum atomic E-state index is -0.251. The number of fused-ring (bicyclic) bond motifs is 2. The van der Waals surface area contributed by atoms with Crippen LogP contribution in [0, 0.1) is 6.92 Å². The number of H-pyrrole nitrogens is 1. The summed E-state index contributed by atoms with van der Waals surface area (Å²) in [7, 11) is 0.